The van der Waals surface area contributed by atoms with Gasteiger partial charge in [0.25, 0.3) is 5.91 Å². The monoisotopic (exact) mass is 419 g/mol. The molecule has 1 heterocycles. The molecule has 0 spiro atoms. The summed E-state index contributed by atoms with van der Waals surface area (Å²) in [6, 6.07) is 8.40. The van der Waals surface area contributed by atoms with Crippen molar-refractivity contribution in [1.82, 2.24) is 4.31 Å². The molecule has 0 aliphatic carbocycles. The van der Waals surface area contributed by atoms with E-state index >= 15 is 0 Å². The van der Waals surface area contributed by atoms with Crippen molar-refractivity contribution >= 4 is 27.3 Å². The number of sulfonamides is 1. The van der Waals surface area contributed by atoms with Crippen LogP contribution in [0.5, 0.6) is 0 Å². The minimum Gasteiger partial charge on any atom is -0.377 e. The molecular weight excluding hydrogens is 388 g/mol. The highest BCUT2D eigenvalue weighted by molar-refractivity contribution is 7.89. The number of benzene rings is 1. The van der Waals surface area contributed by atoms with Gasteiger partial charge in [-0.15, -0.1) is 0 Å². The van der Waals surface area contributed by atoms with E-state index < -0.39 is 16.1 Å². The van der Waals surface area contributed by atoms with E-state index in [0.29, 0.717) is 24.3 Å². The van der Waals surface area contributed by atoms with Gasteiger partial charge in [-0.3, -0.25) is 4.79 Å². The number of carbonyl (C=O) groups excluding carboxylic acids is 1. The highest BCUT2D eigenvalue weighted by Gasteiger charge is 2.26. The van der Waals surface area contributed by atoms with Gasteiger partial charge in [0.2, 0.25) is 16.1 Å². The largest absolute Gasteiger partial charge is 0.377 e. The number of rotatable bonds is 8. The molecule has 1 aromatic heterocycles. The zero-order chi connectivity index (χ0) is 21.8. The first-order valence-electron chi connectivity index (χ1n) is 9.71. The Labute approximate surface area is 174 Å². The molecule has 158 valence electrons. The summed E-state index contributed by atoms with van der Waals surface area (Å²) in [6.07, 6.45) is 3.70. The third-order valence-corrected chi connectivity index (χ3v) is 7.15. The second kappa shape index (κ2) is 9.37. The van der Waals surface area contributed by atoms with Crippen LogP contribution in [0.25, 0.3) is 0 Å². The van der Waals surface area contributed by atoms with Crippen LogP contribution in [0.2, 0.25) is 0 Å². The van der Waals surface area contributed by atoms with Gasteiger partial charge >= 0.3 is 0 Å². The van der Waals surface area contributed by atoms with Crippen LogP contribution in [0.3, 0.4) is 0 Å². The van der Waals surface area contributed by atoms with Gasteiger partial charge in [-0.2, -0.15) is 8.87 Å². The third-order valence-electron chi connectivity index (χ3n) is 4.96. The predicted octanol–water partition coefficient (Wildman–Crippen LogP) is 2.58. The number of aryl methyl sites for hydroxylation is 1. The Morgan fingerprint density at radius 3 is 2.21 bits per heavy atom. The Morgan fingerprint density at radius 2 is 1.69 bits per heavy atom. The highest BCUT2D eigenvalue weighted by Crippen LogP contribution is 2.24. The summed E-state index contributed by atoms with van der Waals surface area (Å²) in [5, 5.41) is 2.84. The normalized spacial score (nSPS) is 12.7. The number of hydrogen-bond acceptors (Lipinski definition) is 4. The number of nitrogens with one attached hydrogen (secondary N) is 1. The molecule has 0 unspecified atom stereocenters. The van der Waals surface area contributed by atoms with Gasteiger partial charge in [-0.05, 0) is 24.6 Å². The van der Waals surface area contributed by atoms with E-state index in [1.165, 1.54) is 10.4 Å². The number of anilines is 2. The first-order valence-corrected chi connectivity index (χ1v) is 11.2. The SMILES string of the molecule is CCN(CC)S(=O)(=O)c1cc(NC(=O)[C@H](C)[n+]2ccc(N(C)C)cc2)ccc1C. The third kappa shape index (κ3) is 5.13. The molecule has 29 heavy (non-hydrogen) atoms. The number of nitrogens with zero attached hydrogens (tertiary/aromatic N) is 3. The molecule has 0 bridgehead atoms. The summed E-state index contributed by atoms with van der Waals surface area (Å²) in [7, 11) is 0.307. The Bertz CT molecular complexity index is 952. The van der Waals surface area contributed by atoms with Crippen LogP contribution in [0, 0.1) is 6.92 Å². The molecule has 0 aliphatic heterocycles. The van der Waals surface area contributed by atoms with Gasteiger partial charge in [-0.25, -0.2) is 8.42 Å². The first-order chi connectivity index (χ1) is 13.6. The Kier molecular flexibility index (Phi) is 7.37. The molecule has 2 aromatic rings. The molecule has 2 rings (SSSR count). The number of amides is 1. The summed E-state index contributed by atoms with van der Waals surface area (Å²) >= 11 is 0. The minimum atomic E-state index is -3.60. The average Bonchev–Trinajstić information content (AvgIpc) is 2.69. The van der Waals surface area contributed by atoms with Crippen molar-refractivity contribution in [3.05, 3.63) is 48.3 Å². The molecule has 1 atom stereocenters. The molecule has 1 N–H and O–H groups in total. The van der Waals surface area contributed by atoms with E-state index in [2.05, 4.69) is 5.32 Å². The van der Waals surface area contributed by atoms with Crippen LogP contribution in [0.4, 0.5) is 11.4 Å². The molecule has 0 aliphatic rings. The van der Waals surface area contributed by atoms with E-state index in [0.717, 1.165) is 5.69 Å². The molecule has 1 amide bonds. The molecule has 1 aromatic carbocycles. The van der Waals surface area contributed by atoms with Crippen LogP contribution in [-0.2, 0) is 14.8 Å². The number of pyridine rings is 1. The second-order valence-corrected chi connectivity index (χ2v) is 9.04. The van der Waals surface area contributed by atoms with Crippen LogP contribution in [-0.4, -0.2) is 45.8 Å². The molecular formula is C21H31N4O3S+. The lowest BCUT2D eigenvalue weighted by Crippen LogP contribution is -2.44. The van der Waals surface area contributed by atoms with Crippen molar-refractivity contribution in [1.29, 1.82) is 0 Å². The number of hydrogen-bond donors (Lipinski definition) is 1. The average molecular weight is 420 g/mol. The fraction of sp³-hybridized carbons (Fsp3) is 0.429. The molecule has 7 nitrogen and oxygen atoms in total. The van der Waals surface area contributed by atoms with Crippen molar-refractivity contribution in [3.8, 4) is 0 Å². The molecule has 0 radical (unpaired) electrons. The summed E-state index contributed by atoms with van der Waals surface area (Å²) in [5.74, 6) is -0.220. The zero-order valence-electron chi connectivity index (χ0n) is 18.0. The number of carbonyl (C=O) groups is 1. The van der Waals surface area contributed by atoms with E-state index in [1.807, 2.05) is 61.9 Å². The first kappa shape index (κ1) is 22.8. The van der Waals surface area contributed by atoms with E-state index in [9.17, 15) is 13.2 Å². The lowest BCUT2D eigenvalue weighted by Gasteiger charge is -2.20. The summed E-state index contributed by atoms with van der Waals surface area (Å²) in [5.41, 5.74) is 2.15. The van der Waals surface area contributed by atoms with Crippen LogP contribution in [0.1, 0.15) is 32.4 Å². The molecule has 0 fully saturated rings. The number of aromatic nitrogens is 1. The Morgan fingerprint density at radius 1 is 1.10 bits per heavy atom. The maximum atomic E-state index is 12.9. The van der Waals surface area contributed by atoms with Crippen LogP contribution in [0.15, 0.2) is 47.6 Å². The summed E-state index contributed by atoms with van der Waals surface area (Å²) < 4.78 is 29.0. The topological polar surface area (TPSA) is 73.6 Å². The van der Waals surface area contributed by atoms with Gasteiger partial charge in [-0.1, -0.05) is 19.9 Å². The fourth-order valence-corrected chi connectivity index (χ4v) is 4.74. The van der Waals surface area contributed by atoms with Crippen molar-refractivity contribution in [2.75, 3.05) is 37.4 Å². The van der Waals surface area contributed by atoms with Crippen molar-refractivity contribution < 1.29 is 17.8 Å². The van der Waals surface area contributed by atoms with Gasteiger partial charge in [0.15, 0.2) is 12.4 Å². The molecule has 8 heteroatoms. The second-order valence-electron chi connectivity index (χ2n) is 7.13. The maximum absolute atomic E-state index is 12.9. The highest BCUT2D eigenvalue weighted by atomic mass is 32.2. The minimum absolute atomic E-state index is 0.217. The van der Waals surface area contributed by atoms with Crippen molar-refractivity contribution in [3.63, 3.8) is 0 Å². The fourth-order valence-electron chi connectivity index (χ4n) is 3.03. The Hall–Kier alpha value is -2.45. The van der Waals surface area contributed by atoms with Crippen LogP contribution < -0.4 is 14.8 Å². The van der Waals surface area contributed by atoms with E-state index in [1.54, 1.807) is 26.0 Å². The zero-order valence-corrected chi connectivity index (χ0v) is 18.8. The Balaban J connectivity index is 2.24. The van der Waals surface area contributed by atoms with Gasteiger partial charge in [0, 0.05) is 57.6 Å². The van der Waals surface area contributed by atoms with Crippen LogP contribution >= 0.6 is 0 Å². The molecule has 0 saturated carbocycles. The summed E-state index contributed by atoms with van der Waals surface area (Å²) in [6.45, 7) is 7.96. The quantitative estimate of drug-likeness (QED) is 0.668. The van der Waals surface area contributed by atoms with Gasteiger partial charge in [0.05, 0.1) is 4.90 Å². The van der Waals surface area contributed by atoms with Crippen molar-refractivity contribution in [2.24, 2.45) is 0 Å². The lowest BCUT2D eigenvalue weighted by molar-refractivity contribution is -0.705. The predicted molar refractivity (Wildman–Crippen MR) is 116 cm³/mol. The lowest BCUT2D eigenvalue weighted by atomic mass is 10.2. The van der Waals surface area contributed by atoms with Crippen molar-refractivity contribution in [2.45, 2.75) is 38.6 Å². The van der Waals surface area contributed by atoms with E-state index in [4.69, 9.17) is 0 Å². The maximum Gasteiger partial charge on any atom is 0.293 e. The van der Waals surface area contributed by atoms with Gasteiger partial charge in [0.1, 0.15) is 0 Å². The summed E-state index contributed by atoms with van der Waals surface area (Å²) in [4.78, 5) is 14.9. The van der Waals surface area contributed by atoms with Gasteiger partial charge < -0.3 is 10.2 Å². The molecule has 0 saturated heterocycles. The smallest absolute Gasteiger partial charge is 0.293 e. The standard InChI is InChI=1S/C21H30N4O3S/c1-7-25(8-2)29(27,28)20-15-18(10-9-16(20)3)22-21(26)17(4)24-13-11-19(12-14-24)23(5)6/h9-15,17H,7-8H2,1-6H3/p+1/t17-/m0/s1. The van der Waals surface area contributed by atoms with E-state index in [-0.39, 0.29) is 10.8 Å².